The molecule has 1 atom stereocenters. The van der Waals surface area contributed by atoms with Crippen LogP contribution in [0, 0.1) is 0 Å². The Morgan fingerprint density at radius 1 is 1.36 bits per heavy atom. The van der Waals surface area contributed by atoms with Gasteiger partial charge in [0.25, 0.3) is 0 Å². The molecule has 0 aliphatic carbocycles. The summed E-state index contributed by atoms with van der Waals surface area (Å²) in [6, 6.07) is 9.41. The van der Waals surface area contributed by atoms with Crippen LogP contribution >= 0.6 is 0 Å². The molecule has 8 heteroatoms. The first-order valence-corrected chi connectivity index (χ1v) is 8.31. The Labute approximate surface area is 146 Å². The van der Waals surface area contributed by atoms with Crippen LogP contribution in [0.25, 0.3) is 0 Å². The van der Waals surface area contributed by atoms with Crippen LogP contribution in [0.3, 0.4) is 0 Å². The lowest BCUT2D eigenvalue weighted by Gasteiger charge is -2.41. The van der Waals surface area contributed by atoms with Crippen molar-refractivity contribution in [1.82, 2.24) is 25.1 Å². The zero-order valence-electron chi connectivity index (χ0n) is 14.8. The molecule has 1 aromatic heterocycles. The van der Waals surface area contributed by atoms with Gasteiger partial charge in [0.1, 0.15) is 12.3 Å². The van der Waals surface area contributed by atoms with Crippen molar-refractivity contribution in [2.45, 2.75) is 45.6 Å². The van der Waals surface area contributed by atoms with Crippen molar-refractivity contribution < 1.29 is 14.3 Å². The monoisotopic (exact) mass is 345 g/mol. The highest BCUT2D eigenvalue weighted by Crippen LogP contribution is 2.20. The molecule has 1 fully saturated rings. The van der Waals surface area contributed by atoms with Gasteiger partial charge in [-0.2, -0.15) is 4.80 Å². The van der Waals surface area contributed by atoms with Crippen molar-refractivity contribution >= 4 is 5.91 Å². The average molecular weight is 345 g/mol. The lowest BCUT2D eigenvalue weighted by Crippen LogP contribution is -2.54. The molecule has 0 radical (unpaired) electrons. The molecule has 0 bridgehead atoms. The number of hydrogen-bond acceptors (Lipinski definition) is 6. The van der Waals surface area contributed by atoms with Gasteiger partial charge in [-0.05, 0) is 38.1 Å². The van der Waals surface area contributed by atoms with E-state index in [9.17, 15) is 4.79 Å². The van der Waals surface area contributed by atoms with E-state index >= 15 is 0 Å². The average Bonchev–Trinajstić information content (AvgIpc) is 2.99. The summed E-state index contributed by atoms with van der Waals surface area (Å²) in [5.74, 6) is 1.13. The van der Waals surface area contributed by atoms with Crippen LogP contribution < -0.4 is 4.74 Å². The van der Waals surface area contributed by atoms with Crippen LogP contribution in [-0.4, -0.2) is 55.8 Å². The Balaban J connectivity index is 1.55. The normalized spacial score (nSPS) is 19.6. The number of hydrogen-bond donors (Lipinski definition) is 0. The van der Waals surface area contributed by atoms with Crippen LogP contribution in [0.15, 0.2) is 30.3 Å². The number of ether oxygens (including phenoxy) is 2. The minimum atomic E-state index is -0.349. The van der Waals surface area contributed by atoms with Crippen molar-refractivity contribution in [2.24, 2.45) is 0 Å². The van der Waals surface area contributed by atoms with E-state index in [1.165, 1.54) is 4.80 Å². The SMILES string of the molecule is C[C@H]1CN(C(=O)Cn2nnc(COc3ccccc3)n2)CC(C)(C)O1. The van der Waals surface area contributed by atoms with Gasteiger partial charge >= 0.3 is 0 Å². The maximum absolute atomic E-state index is 12.5. The molecule has 2 aromatic rings. The van der Waals surface area contributed by atoms with E-state index in [0.717, 1.165) is 5.75 Å². The van der Waals surface area contributed by atoms with Crippen LogP contribution in [0.2, 0.25) is 0 Å². The predicted octanol–water partition coefficient (Wildman–Crippen LogP) is 1.28. The summed E-state index contributed by atoms with van der Waals surface area (Å²) in [6.07, 6.45) is 0.00578. The molecular formula is C17H23N5O3. The fourth-order valence-electron chi connectivity index (χ4n) is 2.93. The van der Waals surface area contributed by atoms with Crippen molar-refractivity contribution in [1.29, 1.82) is 0 Å². The van der Waals surface area contributed by atoms with Gasteiger partial charge in [-0.3, -0.25) is 4.79 Å². The molecule has 0 saturated carbocycles. The van der Waals surface area contributed by atoms with Crippen molar-refractivity contribution in [3.63, 3.8) is 0 Å². The van der Waals surface area contributed by atoms with E-state index in [2.05, 4.69) is 15.4 Å². The fraction of sp³-hybridized carbons (Fsp3) is 0.529. The second-order valence-electron chi connectivity index (χ2n) is 6.80. The van der Waals surface area contributed by atoms with Crippen molar-refractivity contribution in [2.75, 3.05) is 13.1 Å². The summed E-state index contributed by atoms with van der Waals surface area (Å²) in [4.78, 5) is 15.6. The number of morpholine rings is 1. The summed E-state index contributed by atoms with van der Waals surface area (Å²) in [7, 11) is 0. The van der Waals surface area contributed by atoms with Crippen LogP contribution in [-0.2, 0) is 22.7 Å². The van der Waals surface area contributed by atoms with Gasteiger partial charge in [0, 0.05) is 13.1 Å². The summed E-state index contributed by atoms with van der Waals surface area (Å²) in [5, 5.41) is 12.1. The molecule has 1 amide bonds. The number of carbonyl (C=O) groups is 1. The minimum Gasteiger partial charge on any atom is -0.485 e. The molecule has 1 aliphatic heterocycles. The van der Waals surface area contributed by atoms with Crippen LogP contribution in [0.4, 0.5) is 0 Å². The Morgan fingerprint density at radius 2 is 2.12 bits per heavy atom. The highest BCUT2D eigenvalue weighted by Gasteiger charge is 2.33. The maximum atomic E-state index is 12.5. The van der Waals surface area contributed by atoms with E-state index in [4.69, 9.17) is 9.47 Å². The lowest BCUT2D eigenvalue weighted by molar-refractivity contribution is -0.159. The molecule has 0 N–H and O–H groups in total. The van der Waals surface area contributed by atoms with Gasteiger partial charge in [-0.15, -0.1) is 10.2 Å². The van der Waals surface area contributed by atoms with Gasteiger partial charge in [0.15, 0.2) is 6.61 Å². The number of carbonyl (C=O) groups excluding carboxylic acids is 1. The second kappa shape index (κ2) is 7.18. The van der Waals surface area contributed by atoms with Gasteiger partial charge in [-0.1, -0.05) is 18.2 Å². The van der Waals surface area contributed by atoms with Crippen molar-refractivity contribution in [3.05, 3.63) is 36.2 Å². The Bertz CT molecular complexity index is 716. The Morgan fingerprint density at radius 3 is 2.84 bits per heavy atom. The molecule has 0 spiro atoms. The summed E-state index contributed by atoms with van der Waals surface area (Å²) in [5.41, 5.74) is -0.349. The second-order valence-corrected chi connectivity index (χ2v) is 6.80. The molecule has 8 nitrogen and oxygen atoms in total. The van der Waals surface area contributed by atoms with Crippen LogP contribution in [0.1, 0.15) is 26.6 Å². The standard InChI is InChI=1S/C17H23N5O3/c1-13-9-21(12-17(2,3)25-13)16(23)10-22-19-15(18-20-22)11-24-14-7-5-4-6-8-14/h4-8,13H,9-12H2,1-3H3/t13-/m0/s1. The third-order valence-corrected chi connectivity index (χ3v) is 3.80. The number of nitrogens with zero attached hydrogens (tertiary/aromatic N) is 5. The molecule has 0 unspecified atom stereocenters. The highest BCUT2D eigenvalue weighted by atomic mass is 16.5. The molecule has 3 rings (SSSR count). The van der Waals surface area contributed by atoms with E-state index in [0.29, 0.717) is 18.9 Å². The summed E-state index contributed by atoms with van der Waals surface area (Å²) in [6.45, 7) is 7.32. The first kappa shape index (κ1) is 17.3. The zero-order valence-corrected chi connectivity index (χ0v) is 14.8. The zero-order chi connectivity index (χ0) is 17.9. The fourth-order valence-corrected chi connectivity index (χ4v) is 2.93. The minimum absolute atomic E-state index is 0.00578. The topological polar surface area (TPSA) is 82.4 Å². The Hall–Kier alpha value is -2.48. The van der Waals surface area contributed by atoms with Crippen molar-refractivity contribution in [3.8, 4) is 5.75 Å². The molecule has 1 aliphatic rings. The summed E-state index contributed by atoms with van der Waals surface area (Å²) < 4.78 is 11.4. The number of aromatic nitrogens is 4. The predicted molar refractivity (Wildman–Crippen MR) is 89.8 cm³/mol. The van der Waals surface area contributed by atoms with Gasteiger partial charge in [0.2, 0.25) is 11.7 Å². The summed E-state index contributed by atoms with van der Waals surface area (Å²) >= 11 is 0. The maximum Gasteiger partial charge on any atom is 0.246 e. The van der Waals surface area contributed by atoms with Gasteiger partial charge in [-0.25, -0.2) is 0 Å². The molecule has 1 aromatic carbocycles. The smallest absolute Gasteiger partial charge is 0.246 e. The first-order valence-electron chi connectivity index (χ1n) is 8.31. The number of benzene rings is 1. The third-order valence-electron chi connectivity index (χ3n) is 3.80. The number of rotatable bonds is 5. The number of tetrazole rings is 1. The van der Waals surface area contributed by atoms with Gasteiger partial charge < -0.3 is 14.4 Å². The quantitative estimate of drug-likeness (QED) is 0.812. The number of para-hydroxylation sites is 1. The van der Waals surface area contributed by atoms with E-state index in [1.807, 2.05) is 51.1 Å². The largest absolute Gasteiger partial charge is 0.485 e. The lowest BCUT2D eigenvalue weighted by atomic mass is 10.1. The Kier molecular flexibility index (Phi) is 4.98. The molecule has 2 heterocycles. The molecular weight excluding hydrogens is 322 g/mol. The molecule has 1 saturated heterocycles. The third kappa shape index (κ3) is 4.76. The van der Waals surface area contributed by atoms with E-state index < -0.39 is 0 Å². The number of amides is 1. The van der Waals surface area contributed by atoms with Crippen LogP contribution in [0.5, 0.6) is 5.75 Å². The van der Waals surface area contributed by atoms with E-state index in [-0.39, 0.29) is 30.8 Å². The highest BCUT2D eigenvalue weighted by molar-refractivity contribution is 5.76. The van der Waals surface area contributed by atoms with E-state index in [1.54, 1.807) is 4.90 Å². The molecule has 134 valence electrons. The van der Waals surface area contributed by atoms with Gasteiger partial charge in [0.05, 0.1) is 11.7 Å². The molecule has 25 heavy (non-hydrogen) atoms. The first-order chi connectivity index (χ1) is 11.9.